The van der Waals surface area contributed by atoms with Gasteiger partial charge in [-0.25, -0.2) is 0 Å². The van der Waals surface area contributed by atoms with Gasteiger partial charge in [0, 0.05) is 6.42 Å². The summed E-state index contributed by atoms with van der Waals surface area (Å²) in [4.78, 5) is 0. The number of nitriles is 3. The van der Waals surface area contributed by atoms with Gasteiger partial charge in [-0.2, -0.15) is 15.8 Å². The minimum absolute atomic E-state index is 0.242. The predicted octanol–water partition coefficient (Wildman–Crippen LogP) is 4.57. The Bertz CT molecular complexity index is 701. The lowest BCUT2D eigenvalue weighted by Crippen LogP contribution is -2.62. The van der Waals surface area contributed by atoms with Gasteiger partial charge in [0.1, 0.15) is 0 Å². The summed E-state index contributed by atoms with van der Waals surface area (Å²) in [5, 5.41) is 38.9. The molecule has 144 valence electrons. The molecule has 3 rings (SSSR count). The van der Waals surface area contributed by atoms with Gasteiger partial charge < -0.3 is 9.47 Å². The number of rotatable bonds is 6. The number of hydrogen-bond donors (Lipinski definition) is 1. The van der Waals surface area contributed by atoms with Crippen LogP contribution < -0.4 is 0 Å². The fourth-order valence-electron chi connectivity index (χ4n) is 5.34. The summed E-state index contributed by atoms with van der Waals surface area (Å²) in [6, 6.07) is 6.52. The van der Waals surface area contributed by atoms with Crippen LogP contribution in [0.15, 0.2) is 0 Å². The van der Waals surface area contributed by atoms with E-state index >= 15 is 0 Å². The van der Waals surface area contributed by atoms with E-state index in [2.05, 4.69) is 25.1 Å². The molecule has 6 nitrogen and oxygen atoms in total. The molecular weight excluding hydrogens is 340 g/mol. The monoisotopic (exact) mass is 368 g/mol. The first-order valence-electron chi connectivity index (χ1n) is 10.3. The van der Waals surface area contributed by atoms with E-state index in [1.54, 1.807) is 0 Å². The van der Waals surface area contributed by atoms with E-state index in [4.69, 9.17) is 14.9 Å². The van der Waals surface area contributed by atoms with Crippen LogP contribution in [0.4, 0.5) is 0 Å². The number of nitrogens with one attached hydrogen (secondary N) is 1. The molecule has 2 bridgehead atoms. The molecule has 4 unspecified atom stereocenters. The van der Waals surface area contributed by atoms with Crippen molar-refractivity contribution >= 4 is 5.90 Å². The topological polar surface area (TPSA) is 114 Å². The molecule has 1 N–H and O–H groups in total. The van der Waals surface area contributed by atoms with Crippen LogP contribution in [-0.4, -0.2) is 17.8 Å². The first kappa shape index (κ1) is 19.7. The zero-order valence-electron chi connectivity index (χ0n) is 16.1. The minimum Gasteiger partial charge on any atom is -0.447 e. The standard InChI is InChI=1S/C21H28N4O2/c1-2-3-4-5-8-11-17-19(13-22,14-23)20(15-24)16-10-7-6-9-12-21(16,26-17)27-18(20)25/h16-17,25H,2-12H2,1H3. The van der Waals surface area contributed by atoms with Gasteiger partial charge in [0.15, 0.2) is 10.8 Å². The van der Waals surface area contributed by atoms with E-state index in [1.165, 1.54) is 0 Å². The highest BCUT2D eigenvalue weighted by molar-refractivity contribution is 5.89. The van der Waals surface area contributed by atoms with Crippen molar-refractivity contribution in [2.45, 2.75) is 89.4 Å². The quantitative estimate of drug-likeness (QED) is 0.690. The van der Waals surface area contributed by atoms with Crippen LogP contribution >= 0.6 is 0 Å². The fraction of sp³-hybridized carbons (Fsp3) is 0.810. The average molecular weight is 368 g/mol. The highest BCUT2D eigenvalue weighted by atomic mass is 16.7. The molecule has 0 amide bonds. The third kappa shape index (κ3) is 2.64. The van der Waals surface area contributed by atoms with Crippen LogP contribution in [0.1, 0.15) is 77.6 Å². The van der Waals surface area contributed by atoms with Crippen molar-refractivity contribution in [1.82, 2.24) is 0 Å². The van der Waals surface area contributed by atoms with Crippen LogP contribution in [0.2, 0.25) is 0 Å². The van der Waals surface area contributed by atoms with Crippen molar-refractivity contribution < 1.29 is 9.47 Å². The molecule has 0 spiro atoms. The minimum atomic E-state index is -1.70. The van der Waals surface area contributed by atoms with Gasteiger partial charge in [0.25, 0.3) is 0 Å². The lowest BCUT2D eigenvalue weighted by molar-refractivity contribution is -0.283. The molecular formula is C21H28N4O2. The zero-order valence-corrected chi connectivity index (χ0v) is 16.1. The largest absolute Gasteiger partial charge is 0.447 e. The fourth-order valence-corrected chi connectivity index (χ4v) is 5.34. The third-order valence-electron chi connectivity index (χ3n) is 6.75. The van der Waals surface area contributed by atoms with Crippen LogP contribution in [0.25, 0.3) is 0 Å². The maximum atomic E-state index is 10.2. The Kier molecular flexibility index (Phi) is 5.45. The van der Waals surface area contributed by atoms with Crippen LogP contribution in [0, 0.1) is 56.2 Å². The highest BCUT2D eigenvalue weighted by Gasteiger charge is 2.79. The van der Waals surface area contributed by atoms with Crippen molar-refractivity contribution in [1.29, 1.82) is 21.2 Å². The summed E-state index contributed by atoms with van der Waals surface area (Å²) in [5.74, 6) is -1.69. The maximum Gasteiger partial charge on any atom is 0.217 e. The number of nitrogens with zero attached hydrogens (tertiary/aromatic N) is 3. The van der Waals surface area contributed by atoms with Crippen molar-refractivity contribution in [3.05, 3.63) is 0 Å². The number of hydrogen-bond acceptors (Lipinski definition) is 6. The van der Waals surface area contributed by atoms with Crippen molar-refractivity contribution in [3.8, 4) is 18.2 Å². The molecule has 0 aromatic carbocycles. The van der Waals surface area contributed by atoms with E-state index in [0.29, 0.717) is 19.3 Å². The van der Waals surface area contributed by atoms with Gasteiger partial charge in [-0.3, -0.25) is 5.41 Å². The van der Waals surface area contributed by atoms with E-state index in [1.807, 2.05) is 0 Å². The molecule has 0 aromatic heterocycles. The lowest BCUT2D eigenvalue weighted by Gasteiger charge is -2.49. The Hall–Kier alpha value is -2.10. The lowest BCUT2D eigenvalue weighted by atomic mass is 9.53. The van der Waals surface area contributed by atoms with Gasteiger partial charge in [-0.1, -0.05) is 51.9 Å². The molecule has 2 aliphatic heterocycles. The molecule has 2 saturated heterocycles. The second-order valence-corrected chi connectivity index (χ2v) is 8.16. The van der Waals surface area contributed by atoms with Gasteiger partial charge in [-0.05, 0) is 19.3 Å². The Morgan fingerprint density at radius 1 is 1.04 bits per heavy atom. The van der Waals surface area contributed by atoms with E-state index in [9.17, 15) is 15.8 Å². The predicted molar refractivity (Wildman–Crippen MR) is 98.1 cm³/mol. The molecule has 4 atom stereocenters. The molecule has 6 heteroatoms. The average Bonchev–Trinajstić information content (AvgIpc) is 2.80. The zero-order chi connectivity index (χ0) is 19.5. The summed E-state index contributed by atoms with van der Waals surface area (Å²) >= 11 is 0. The van der Waals surface area contributed by atoms with Crippen LogP contribution in [-0.2, 0) is 9.47 Å². The van der Waals surface area contributed by atoms with Crippen molar-refractivity contribution in [3.63, 3.8) is 0 Å². The highest BCUT2D eigenvalue weighted by Crippen LogP contribution is 2.66. The van der Waals surface area contributed by atoms with Crippen LogP contribution in [0.3, 0.4) is 0 Å². The van der Waals surface area contributed by atoms with E-state index in [0.717, 1.165) is 51.4 Å². The Balaban J connectivity index is 1.99. The normalized spacial score (nSPS) is 36.4. The maximum absolute atomic E-state index is 10.2. The first-order chi connectivity index (χ1) is 13.1. The van der Waals surface area contributed by atoms with Crippen molar-refractivity contribution in [2.24, 2.45) is 16.7 Å². The molecule has 1 aliphatic carbocycles. The molecule has 3 fully saturated rings. The Morgan fingerprint density at radius 2 is 1.78 bits per heavy atom. The molecule has 27 heavy (non-hydrogen) atoms. The summed E-state index contributed by atoms with van der Waals surface area (Å²) in [7, 11) is 0. The summed E-state index contributed by atoms with van der Waals surface area (Å²) in [6.45, 7) is 2.16. The third-order valence-corrected chi connectivity index (χ3v) is 6.75. The summed E-state index contributed by atoms with van der Waals surface area (Å²) in [5.41, 5.74) is -3.23. The van der Waals surface area contributed by atoms with Gasteiger partial charge in [0.05, 0.1) is 30.2 Å². The molecule has 0 aromatic rings. The molecule has 0 radical (unpaired) electrons. The summed E-state index contributed by atoms with van der Waals surface area (Å²) in [6.07, 6.45) is 9.17. The Labute approximate surface area is 161 Å². The first-order valence-corrected chi connectivity index (χ1v) is 10.3. The van der Waals surface area contributed by atoms with Gasteiger partial charge >= 0.3 is 0 Å². The van der Waals surface area contributed by atoms with Gasteiger partial charge in [0.2, 0.25) is 11.7 Å². The van der Waals surface area contributed by atoms with E-state index < -0.39 is 28.6 Å². The molecule has 1 saturated carbocycles. The van der Waals surface area contributed by atoms with Gasteiger partial charge in [-0.15, -0.1) is 0 Å². The number of unbranched alkanes of at least 4 members (excludes halogenated alkanes) is 4. The van der Waals surface area contributed by atoms with Crippen molar-refractivity contribution in [2.75, 3.05) is 0 Å². The number of ether oxygens (including phenoxy) is 2. The molecule has 3 aliphatic rings. The molecule has 2 heterocycles. The SMILES string of the molecule is CCCCCCCC1OC23CCCCCC2C(C#N)(C(=N)O3)C1(C#N)C#N. The second-order valence-electron chi connectivity index (χ2n) is 8.16. The smallest absolute Gasteiger partial charge is 0.217 e. The van der Waals surface area contributed by atoms with Crippen LogP contribution in [0.5, 0.6) is 0 Å². The van der Waals surface area contributed by atoms with E-state index in [-0.39, 0.29) is 5.90 Å². The Morgan fingerprint density at radius 3 is 2.44 bits per heavy atom. The second kappa shape index (κ2) is 7.49. The summed E-state index contributed by atoms with van der Waals surface area (Å²) < 4.78 is 12.3.